The van der Waals surface area contributed by atoms with Crippen molar-refractivity contribution in [3.8, 4) is 5.75 Å². The van der Waals surface area contributed by atoms with Gasteiger partial charge in [0.25, 0.3) is 0 Å². The quantitative estimate of drug-likeness (QED) is 0.702. The van der Waals surface area contributed by atoms with Crippen LogP contribution in [0.5, 0.6) is 5.75 Å². The largest absolute Gasteiger partial charge is 0.496 e. The van der Waals surface area contributed by atoms with E-state index in [9.17, 15) is 4.79 Å². The molecule has 0 aliphatic carbocycles. The van der Waals surface area contributed by atoms with Crippen LogP contribution < -0.4 is 15.8 Å². The van der Waals surface area contributed by atoms with E-state index in [1.54, 1.807) is 14.2 Å². The predicted octanol–water partition coefficient (Wildman–Crippen LogP) is 0.676. The van der Waals surface area contributed by atoms with Gasteiger partial charge in [0.2, 0.25) is 0 Å². The highest BCUT2D eigenvalue weighted by Crippen LogP contribution is 2.27. The van der Waals surface area contributed by atoms with Crippen LogP contribution in [0.25, 0.3) is 0 Å². The molecule has 4 N–H and O–H groups in total. The van der Waals surface area contributed by atoms with E-state index >= 15 is 0 Å². The molecule has 0 heterocycles. The summed E-state index contributed by atoms with van der Waals surface area (Å²) in [6, 6.07) is 4.09. The number of ether oxygens (including phenoxy) is 1. The molecule has 0 aliphatic heterocycles. The van der Waals surface area contributed by atoms with Crippen LogP contribution in [0.2, 0.25) is 0 Å². The number of likely N-dealkylation sites (N-methyl/N-ethyl adjacent to an activating group) is 1. The summed E-state index contributed by atoms with van der Waals surface area (Å²) in [7, 11) is 3.22. The SMILES string of the molecule is CNC(c1cc(C)ccc1OC)C(N)C(=O)O. The van der Waals surface area contributed by atoms with Crippen LogP contribution in [0.4, 0.5) is 0 Å². The fraction of sp³-hybridized carbons (Fsp3) is 0.417. The summed E-state index contributed by atoms with van der Waals surface area (Å²) in [4.78, 5) is 11.0. The van der Waals surface area contributed by atoms with Gasteiger partial charge < -0.3 is 20.9 Å². The molecule has 1 rings (SSSR count). The van der Waals surface area contributed by atoms with Crippen LogP contribution in [0.15, 0.2) is 18.2 Å². The van der Waals surface area contributed by atoms with Crippen molar-refractivity contribution in [2.75, 3.05) is 14.2 Å². The summed E-state index contributed by atoms with van der Waals surface area (Å²) < 4.78 is 5.22. The Kier molecular flexibility index (Phi) is 4.48. The van der Waals surface area contributed by atoms with Gasteiger partial charge >= 0.3 is 5.97 Å². The maximum absolute atomic E-state index is 11.0. The molecule has 0 aliphatic rings. The number of hydrogen-bond donors (Lipinski definition) is 3. The van der Waals surface area contributed by atoms with E-state index in [0.717, 1.165) is 11.1 Å². The molecule has 0 amide bonds. The van der Waals surface area contributed by atoms with Gasteiger partial charge in [-0.1, -0.05) is 17.7 Å². The average molecular weight is 238 g/mol. The average Bonchev–Trinajstić information content (AvgIpc) is 2.30. The number of carboxylic acids is 1. The molecular weight excluding hydrogens is 220 g/mol. The topological polar surface area (TPSA) is 84.6 Å². The highest BCUT2D eigenvalue weighted by molar-refractivity contribution is 5.74. The van der Waals surface area contributed by atoms with Crippen LogP contribution in [-0.2, 0) is 4.79 Å². The Morgan fingerprint density at radius 2 is 2.18 bits per heavy atom. The Labute approximate surface area is 101 Å². The molecule has 0 spiro atoms. The molecule has 5 heteroatoms. The normalized spacial score (nSPS) is 14.1. The van der Waals surface area contributed by atoms with Crippen molar-refractivity contribution in [3.63, 3.8) is 0 Å². The summed E-state index contributed by atoms with van der Waals surface area (Å²) in [5.74, 6) is -0.417. The van der Waals surface area contributed by atoms with E-state index in [1.807, 2.05) is 25.1 Å². The minimum absolute atomic E-state index is 0.484. The number of carboxylic acid groups (broad SMARTS) is 1. The summed E-state index contributed by atoms with van der Waals surface area (Å²) in [6.07, 6.45) is 0. The Morgan fingerprint density at radius 1 is 1.53 bits per heavy atom. The van der Waals surface area contributed by atoms with Gasteiger partial charge in [-0.3, -0.25) is 4.79 Å². The Morgan fingerprint density at radius 3 is 2.65 bits per heavy atom. The van der Waals surface area contributed by atoms with Gasteiger partial charge in [-0.15, -0.1) is 0 Å². The van der Waals surface area contributed by atoms with Crippen LogP contribution in [-0.4, -0.2) is 31.3 Å². The third-order valence-electron chi connectivity index (χ3n) is 2.68. The molecule has 94 valence electrons. The molecule has 0 saturated heterocycles. The number of nitrogens with one attached hydrogen (secondary N) is 1. The summed E-state index contributed by atoms with van der Waals surface area (Å²) in [6.45, 7) is 1.93. The van der Waals surface area contributed by atoms with E-state index in [0.29, 0.717) is 5.75 Å². The van der Waals surface area contributed by atoms with E-state index in [-0.39, 0.29) is 0 Å². The smallest absolute Gasteiger partial charge is 0.322 e. The number of aryl methyl sites for hydroxylation is 1. The van der Waals surface area contributed by atoms with Crippen LogP contribution in [0, 0.1) is 6.92 Å². The van der Waals surface area contributed by atoms with Crippen LogP contribution in [0.1, 0.15) is 17.2 Å². The van der Waals surface area contributed by atoms with Gasteiger partial charge in [-0.05, 0) is 20.0 Å². The number of aliphatic carboxylic acids is 1. The Hall–Kier alpha value is -1.59. The first-order chi connectivity index (χ1) is 8.01. The first kappa shape index (κ1) is 13.5. The predicted molar refractivity (Wildman–Crippen MR) is 65.1 cm³/mol. The van der Waals surface area contributed by atoms with Crippen molar-refractivity contribution in [2.24, 2.45) is 5.73 Å². The first-order valence-corrected chi connectivity index (χ1v) is 5.31. The first-order valence-electron chi connectivity index (χ1n) is 5.31. The molecule has 0 saturated carbocycles. The van der Waals surface area contributed by atoms with E-state index in [1.165, 1.54) is 0 Å². The molecule has 0 fully saturated rings. The fourth-order valence-corrected chi connectivity index (χ4v) is 1.77. The van der Waals surface area contributed by atoms with Gasteiger partial charge in [0.05, 0.1) is 13.2 Å². The molecule has 5 nitrogen and oxygen atoms in total. The van der Waals surface area contributed by atoms with Gasteiger partial charge in [-0.2, -0.15) is 0 Å². The summed E-state index contributed by atoms with van der Waals surface area (Å²) in [5.41, 5.74) is 7.44. The maximum Gasteiger partial charge on any atom is 0.322 e. The lowest BCUT2D eigenvalue weighted by atomic mass is 9.97. The van der Waals surface area contributed by atoms with E-state index in [2.05, 4.69) is 5.32 Å². The lowest BCUT2D eigenvalue weighted by Gasteiger charge is -2.23. The second-order valence-corrected chi connectivity index (χ2v) is 3.88. The zero-order valence-electron chi connectivity index (χ0n) is 10.2. The van der Waals surface area contributed by atoms with Crippen molar-refractivity contribution in [3.05, 3.63) is 29.3 Å². The van der Waals surface area contributed by atoms with Crippen molar-refractivity contribution in [1.29, 1.82) is 0 Å². The lowest BCUT2D eigenvalue weighted by molar-refractivity contribution is -0.139. The Balaban J connectivity index is 3.18. The lowest BCUT2D eigenvalue weighted by Crippen LogP contribution is -2.42. The molecule has 1 aromatic carbocycles. The van der Waals surface area contributed by atoms with Crippen molar-refractivity contribution in [2.45, 2.75) is 19.0 Å². The number of hydrogen-bond acceptors (Lipinski definition) is 4. The molecular formula is C12H18N2O3. The van der Waals surface area contributed by atoms with Crippen molar-refractivity contribution < 1.29 is 14.6 Å². The van der Waals surface area contributed by atoms with E-state index in [4.69, 9.17) is 15.6 Å². The molecule has 2 unspecified atom stereocenters. The monoisotopic (exact) mass is 238 g/mol. The Bertz CT molecular complexity index is 407. The third-order valence-corrected chi connectivity index (χ3v) is 2.68. The molecule has 0 radical (unpaired) electrons. The number of carbonyl (C=O) groups is 1. The van der Waals surface area contributed by atoms with Gasteiger partial charge in [0, 0.05) is 5.56 Å². The summed E-state index contributed by atoms with van der Waals surface area (Å²) >= 11 is 0. The molecule has 1 aromatic rings. The highest BCUT2D eigenvalue weighted by Gasteiger charge is 2.26. The number of rotatable bonds is 5. The molecule has 2 atom stereocenters. The van der Waals surface area contributed by atoms with Gasteiger partial charge in [0.1, 0.15) is 11.8 Å². The summed E-state index contributed by atoms with van der Waals surface area (Å²) in [5, 5.41) is 11.9. The molecule has 17 heavy (non-hydrogen) atoms. The van der Waals surface area contributed by atoms with Gasteiger partial charge in [0.15, 0.2) is 0 Å². The minimum atomic E-state index is -1.05. The van der Waals surface area contributed by atoms with E-state index < -0.39 is 18.1 Å². The van der Waals surface area contributed by atoms with Crippen LogP contribution >= 0.6 is 0 Å². The number of benzene rings is 1. The second kappa shape index (κ2) is 5.65. The molecule has 0 bridgehead atoms. The zero-order chi connectivity index (χ0) is 13.0. The standard InChI is InChI=1S/C12H18N2O3/c1-7-4-5-9(17-3)8(6-7)11(14-2)10(13)12(15)16/h4-6,10-11,14H,13H2,1-3H3,(H,15,16). The minimum Gasteiger partial charge on any atom is -0.496 e. The number of methoxy groups -OCH3 is 1. The van der Waals surface area contributed by atoms with Crippen molar-refractivity contribution in [1.82, 2.24) is 5.32 Å². The zero-order valence-corrected chi connectivity index (χ0v) is 10.2. The highest BCUT2D eigenvalue weighted by atomic mass is 16.5. The van der Waals surface area contributed by atoms with Gasteiger partial charge in [-0.25, -0.2) is 0 Å². The number of nitrogens with two attached hydrogens (primary N) is 1. The molecule has 0 aromatic heterocycles. The fourth-order valence-electron chi connectivity index (χ4n) is 1.77. The second-order valence-electron chi connectivity index (χ2n) is 3.88. The van der Waals surface area contributed by atoms with Crippen LogP contribution in [0.3, 0.4) is 0 Å². The third kappa shape index (κ3) is 2.95. The maximum atomic E-state index is 11.0. The van der Waals surface area contributed by atoms with Crippen molar-refractivity contribution >= 4 is 5.97 Å².